The Morgan fingerprint density at radius 2 is 2.33 bits per heavy atom. The maximum atomic E-state index is 11.3. The summed E-state index contributed by atoms with van der Waals surface area (Å²) in [6.07, 6.45) is 1.61. The topological polar surface area (TPSA) is 54.0 Å². The summed E-state index contributed by atoms with van der Waals surface area (Å²) in [5, 5.41) is 5.33. The van der Waals surface area contributed by atoms with E-state index in [1.54, 1.807) is 18.3 Å². The van der Waals surface area contributed by atoms with Crippen molar-refractivity contribution in [3.8, 4) is 0 Å². The first kappa shape index (κ1) is 11.8. The van der Waals surface area contributed by atoms with Gasteiger partial charge < -0.3 is 5.32 Å². The molecular weight excluding hydrogens is 214 g/mol. The average Bonchev–Trinajstić information content (AvgIpc) is 2.16. The molecule has 0 saturated carbocycles. The number of hydrogen-bond acceptors (Lipinski definition) is 2. The zero-order valence-electron chi connectivity index (χ0n) is 8.75. The molecule has 4 nitrogen and oxygen atoms in total. The lowest BCUT2D eigenvalue weighted by molar-refractivity contribution is 0.250. The molecule has 5 heteroatoms. The summed E-state index contributed by atoms with van der Waals surface area (Å²) in [4.78, 5) is 15.3. The van der Waals surface area contributed by atoms with Gasteiger partial charge in [0.15, 0.2) is 0 Å². The maximum absolute atomic E-state index is 11.3. The number of urea groups is 1. The monoisotopic (exact) mass is 227 g/mol. The molecule has 0 spiro atoms. The van der Waals surface area contributed by atoms with E-state index in [1.165, 1.54) is 0 Å². The number of aromatic nitrogens is 1. The number of amides is 2. The van der Waals surface area contributed by atoms with Gasteiger partial charge in [0.2, 0.25) is 0 Å². The molecule has 0 aliphatic rings. The van der Waals surface area contributed by atoms with Crippen molar-refractivity contribution in [1.82, 2.24) is 10.3 Å². The molecule has 0 aliphatic heterocycles. The number of pyridine rings is 1. The summed E-state index contributed by atoms with van der Waals surface area (Å²) in [5.74, 6) is 0.912. The van der Waals surface area contributed by atoms with Gasteiger partial charge in [0.05, 0.1) is 0 Å². The van der Waals surface area contributed by atoms with Gasteiger partial charge in [-0.05, 0) is 31.5 Å². The molecule has 15 heavy (non-hydrogen) atoms. The lowest BCUT2D eigenvalue weighted by Crippen LogP contribution is -2.34. The number of alkyl halides is 1. The highest BCUT2D eigenvalue weighted by molar-refractivity contribution is 6.17. The van der Waals surface area contributed by atoms with Gasteiger partial charge in [0, 0.05) is 18.1 Å². The fourth-order valence-electron chi connectivity index (χ4n) is 1.04. The van der Waals surface area contributed by atoms with Crippen molar-refractivity contribution in [3.05, 3.63) is 23.9 Å². The van der Waals surface area contributed by atoms with Crippen LogP contribution in [0.2, 0.25) is 0 Å². The molecular formula is C10H14ClN3O. The first-order chi connectivity index (χ1) is 7.11. The fraction of sp³-hybridized carbons (Fsp3) is 0.400. The highest BCUT2D eigenvalue weighted by Gasteiger charge is 2.04. The van der Waals surface area contributed by atoms with E-state index in [0.717, 1.165) is 5.56 Å². The summed E-state index contributed by atoms with van der Waals surface area (Å²) in [6, 6.07) is 3.39. The van der Waals surface area contributed by atoms with Crippen LogP contribution >= 0.6 is 11.6 Å². The number of carbonyl (C=O) groups is 1. The smallest absolute Gasteiger partial charge is 0.320 e. The third-order valence-corrected chi connectivity index (χ3v) is 1.95. The van der Waals surface area contributed by atoms with E-state index in [2.05, 4.69) is 15.6 Å². The summed E-state index contributed by atoms with van der Waals surface area (Å²) < 4.78 is 0. The molecule has 0 aromatic carbocycles. The highest BCUT2D eigenvalue weighted by atomic mass is 35.5. The molecule has 1 heterocycles. The van der Waals surface area contributed by atoms with Crippen molar-refractivity contribution in [2.24, 2.45) is 0 Å². The van der Waals surface area contributed by atoms with Gasteiger partial charge in [-0.25, -0.2) is 9.78 Å². The van der Waals surface area contributed by atoms with E-state index in [4.69, 9.17) is 11.6 Å². The van der Waals surface area contributed by atoms with Gasteiger partial charge >= 0.3 is 6.03 Å². The van der Waals surface area contributed by atoms with Crippen molar-refractivity contribution < 1.29 is 4.79 Å². The van der Waals surface area contributed by atoms with Gasteiger partial charge in [0.25, 0.3) is 0 Å². The average molecular weight is 228 g/mol. The Kier molecular flexibility index (Phi) is 4.37. The van der Waals surface area contributed by atoms with E-state index in [9.17, 15) is 4.79 Å². The summed E-state index contributed by atoms with van der Waals surface area (Å²) in [6.45, 7) is 3.78. The fourth-order valence-corrected chi connectivity index (χ4v) is 1.21. The van der Waals surface area contributed by atoms with Crippen molar-refractivity contribution in [3.63, 3.8) is 0 Å². The summed E-state index contributed by atoms with van der Waals surface area (Å²) in [5.41, 5.74) is 0.923. The van der Waals surface area contributed by atoms with Crippen LogP contribution in [-0.2, 0) is 5.88 Å². The predicted molar refractivity (Wildman–Crippen MR) is 61.1 cm³/mol. The van der Waals surface area contributed by atoms with E-state index in [0.29, 0.717) is 11.7 Å². The highest BCUT2D eigenvalue weighted by Crippen LogP contribution is 2.08. The van der Waals surface area contributed by atoms with E-state index < -0.39 is 0 Å². The Hall–Kier alpha value is -1.29. The third-order valence-electron chi connectivity index (χ3n) is 1.64. The molecule has 1 rings (SSSR count). The zero-order valence-corrected chi connectivity index (χ0v) is 9.51. The molecule has 0 bridgehead atoms. The van der Waals surface area contributed by atoms with Crippen molar-refractivity contribution in [2.75, 3.05) is 5.32 Å². The van der Waals surface area contributed by atoms with E-state index >= 15 is 0 Å². The lowest BCUT2D eigenvalue weighted by atomic mass is 10.3. The first-order valence-corrected chi connectivity index (χ1v) is 5.23. The Balaban J connectivity index is 2.60. The molecule has 2 N–H and O–H groups in total. The van der Waals surface area contributed by atoms with Crippen LogP contribution in [0.15, 0.2) is 18.3 Å². The molecule has 0 atom stereocenters. The largest absolute Gasteiger partial charge is 0.336 e. The number of halogens is 1. The second-order valence-electron chi connectivity index (χ2n) is 3.44. The molecule has 82 valence electrons. The van der Waals surface area contributed by atoms with Gasteiger partial charge in [-0.3, -0.25) is 5.32 Å². The van der Waals surface area contributed by atoms with E-state index in [-0.39, 0.29) is 12.1 Å². The molecule has 1 aromatic heterocycles. The summed E-state index contributed by atoms with van der Waals surface area (Å²) >= 11 is 5.66. The molecule has 0 aliphatic carbocycles. The van der Waals surface area contributed by atoms with Crippen molar-refractivity contribution in [1.29, 1.82) is 0 Å². The van der Waals surface area contributed by atoms with Crippen LogP contribution in [0.25, 0.3) is 0 Å². The van der Waals surface area contributed by atoms with E-state index in [1.807, 2.05) is 13.8 Å². The minimum atomic E-state index is -0.260. The SMILES string of the molecule is CC(C)NC(=O)Nc1cc(CCl)ccn1. The second-order valence-corrected chi connectivity index (χ2v) is 3.70. The normalized spacial score (nSPS) is 10.1. The number of carbonyl (C=O) groups excluding carboxylic acids is 1. The van der Waals surface area contributed by atoms with Gasteiger partial charge in [0.1, 0.15) is 5.82 Å². The third kappa shape index (κ3) is 4.16. The van der Waals surface area contributed by atoms with Crippen molar-refractivity contribution in [2.45, 2.75) is 25.8 Å². The second kappa shape index (κ2) is 5.56. The Morgan fingerprint density at radius 1 is 1.60 bits per heavy atom. The van der Waals surface area contributed by atoms with Crippen LogP contribution in [0, 0.1) is 0 Å². The number of nitrogens with one attached hydrogen (secondary N) is 2. The first-order valence-electron chi connectivity index (χ1n) is 4.70. The Labute approximate surface area is 94.0 Å². The number of nitrogens with zero attached hydrogens (tertiary/aromatic N) is 1. The lowest BCUT2D eigenvalue weighted by Gasteiger charge is -2.09. The molecule has 0 fully saturated rings. The van der Waals surface area contributed by atoms with Gasteiger partial charge in [-0.1, -0.05) is 0 Å². The van der Waals surface area contributed by atoms with Crippen LogP contribution in [0.3, 0.4) is 0 Å². The van der Waals surface area contributed by atoms with Crippen LogP contribution in [0.5, 0.6) is 0 Å². The standard InChI is InChI=1S/C10H14ClN3O/c1-7(2)13-10(15)14-9-5-8(6-11)3-4-12-9/h3-5,7H,6H2,1-2H3,(H2,12,13,14,15). The van der Waals surface area contributed by atoms with Crippen LogP contribution in [0.1, 0.15) is 19.4 Å². The number of rotatable bonds is 3. The minimum Gasteiger partial charge on any atom is -0.336 e. The van der Waals surface area contributed by atoms with Crippen LogP contribution in [0.4, 0.5) is 10.6 Å². The van der Waals surface area contributed by atoms with Crippen LogP contribution in [-0.4, -0.2) is 17.1 Å². The molecule has 1 aromatic rings. The van der Waals surface area contributed by atoms with Gasteiger partial charge in [-0.15, -0.1) is 11.6 Å². The Morgan fingerprint density at radius 3 is 2.93 bits per heavy atom. The number of anilines is 1. The predicted octanol–water partition coefficient (Wildman–Crippen LogP) is 2.35. The molecule has 2 amide bonds. The molecule has 0 radical (unpaired) electrons. The molecule has 0 unspecified atom stereocenters. The van der Waals surface area contributed by atoms with Crippen LogP contribution < -0.4 is 10.6 Å². The molecule has 0 saturated heterocycles. The van der Waals surface area contributed by atoms with Gasteiger partial charge in [-0.2, -0.15) is 0 Å². The van der Waals surface area contributed by atoms with Crippen molar-refractivity contribution >= 4 is 23.4 Å². The zero-order chi connectivity index (χ0) is 11.3. The Bertz CT molecular complexity index is 341. The summed E-state index contributed by atoms with van der Waals surface area (Å²) in [7, 11) is 0. The number of hydrogen-bond donors (Lipinski definition) is 2. The maximum Gasteiger partial charge on any atom is 0.320 e. The minimum absolute atomic E-state index is 0.0983. The quantitative estimate of drug-likeness (QED) is 0.779.